The highest BCUT2D eigenvalue weighted by Gasteiger charge is 2.11. The van der Waals surface area contributed by atoms with Gasteiger partial charge in [0.2, 0.25) is 5.91 Å². The molecule has 0 aliphatic heterocycles. The van der Waals surface area contributed by atoms with Crippen LogP contribution in [0.2, 0.25) is 0 Å². The molecule has 5 nitrogen and oxygen atoms in total. The molecule has 1 rings (SSSR count). The molecule has 3 N–H and O–H groups in total. The molecule has 1 unspecified atom stereocenters. The summed E-state index contributed by atoms with van der Waals surface area (Å²) in [5.74, 6) is -0.00524. The van der Waals surface area contributed by atoms with E-state index in [1.165, 1.54) is 6.26 Å². The van der Waals surface area contributed by atoms with E-state index in [1.54, 1.807) is 6.92 Å². The third kappa shape index (κ3) is 6.56. The standard InChI is InChI=1S/C14H22N2O3S/c1-11(9-10-20(2,18)19)16-14(17)8-7-12-5-3-4-6-13(12)15/h3-6,11H,7-10,15H2,1-2H3,(H,16,17). The molecule has 0 aliphatic rings. The number of anilines is 1. The monoisotopic (exact) mass is 298 g/mol. The van der Waals surface area contributed by atoms with E-state index in [2.05, 4.69) is 5.32 Å². The molecule has 0 saturated carbocycles. The first-order chi connectivity index (χ1) is 9.28. The van der Waals surface area contributed by atoms with Gasteiger partial charge in [0.15, 0.2) is 0 Å². The smallest absolute Gasteiger partial charge is 0.220 e. The molecular formula is C14H22N2O3S. The number of sulfone groups is 1. The van der Waals surface area contributed by atoms with Crippen molar-refractivity contribution in [2.24, 2.45) is 0 Å². The zero-order chi connectivity index (χ0) is 15.2. The highest BCUT2D eigenvalue weighted by atomic mass is 32.2. The molecule has 112 valence electrons. The van der Waals surface area contributed by atoms with Gasteiger partial charge in [-0.2, -0.15) is 0 Å². The van der Waals surface area contributed by atoms with Crippen LogP contribution in [0.1, 0.15) is 25.3 Å². The molecular weight excluding hydrogens is 276 g/mol. The minimum absolute atomic E-state index is 0.0834. The van der Waals surface area contributed by atoms with Crippen LogP contribution in [-0.2, 0) is 21.1 Å². The number of aryl methyl sites for hydroxylation is 1. The Bertz CT molecular complexity index is 555. The van der Waals surface area contributed by atoms with Gasteiger partial charge in [0.1, 0.15) is 9.84 Å². The topological polar surface area (TPSA) is 89.3 Å². The van der Waals surface area contributed by atoms with Crippen molar-refractivity contribution in [2.75, 3.05) is 17.7 Å². The zero-order valence-electron chi connectivity index (χ0n) is 11.9. The molecule has 1 amide bonds. The summed E-state index contributed by atoms with van der Waals surface area (Å²) >= 11 is 0. The number of hydrogen-bond acceptors (Lipinski definition) is 4. The van der Waals surface area contributed by atoms with Gasteiger partial charge < -0.3 is 11.1 Å². The second-order valence-electron chi connectivity index (χ2n) is 5.09. The summed E-state index contributed by atoms with van der Waals surface area (Å²) in [6.45, 7) is 1.81. The van der Waals surface area contributed by atoms with Crippen molar-refractivity contribution in [3.05, 3.63) is 29.8 Å². The van der Waals surface area contributed by atoms with E-state index in [1.807, 2.05) is 24.3 Å². The van der Waals surface area contributed by atoms with E-state index in [0.717, 1.165) is 5.56 Å². The number of carbonyl (C=O) groups excluding carboxylic acids is 1. The molecule has 20 heavy (non-hydrogen) atoms. The molecule has 0 aromatic heterocycles. The fourth-order valence-corrected chi connectivity index (χ4v) is 2.60. The van der Waals surface area contributed by atoms with Crippen LogP contribution in [0.15, 0.2) is 24.3 Å². The molecule has 1 atom stereocenters. The van der Waals surface area contributed by atoms with Gasteiger partial charge >= 0.3 is 0 Å². The molecule has 0 fully saturated rings. The van der Waals surface area contributed by atoms with Crippen LogP contribution in [0, 0.1) is 0 Å². The highest BCUT2D eigenvalue weighted by Crippen LogP contribution is 2.12. The Morgan fingerprint density at radius 3 is 2.60 bits per heavy atom. The fourth-order valence-electron chi connectivity index (χ4n) is 1.82. The minimum atomic E-state index is -2.98. The predicted octanol–water partition coefficient (Wildman–Crippen LogP) is 1.14. The van der Waals surface area contributed by atoms with E-state index in [-0.39, 0.29) is 17.7 Å². The summed E-state index contributed by atoms with van der Waals surface area (Å²) in [6, 6.07) is 7.30. The summed E-state index contributed by atoms with van der Waals surface area (Å²) < 4.78 is 22.1. The van der Waals surface area contributed by atoms with Crippen molar-refractivity contribution in [1.82, 2.24) is 5.32 Å². The van der Waals surface area contributed by atoms with Crippen LogP contribution in [0.25, 0.3) is 0 Å². The quantitative estimate of drug-likeness (QED) is 0.739. The maximum Gasteiger partial charge on any atom is 0.220 e. The van der Waals surface area contributed by atoms with Crippen LogP contribution in [-0.4, -0.2) is 32.4 Å². The average molecular weight is 298 g/mol. The Morgan fingerprint density at radius 2 is 2.00 bits per heavy atom. The van der Waals surface area contributed by atoms with E-state index in [4.69, 9.17) is 5.73 Å². The number of benzene rings is 1. The number of nitrogens with one attached hydrogen (secondary N) is 1. The van der Waals surface area contributed by atoms with Crippen LogP contribution in [0.4, 0.5) is 5.69 Å². The number of carbonyl (C=O) groups is 1. The zero-order valence-corrected chi connectivity index (χ0v) is 12.7. The van der Waals surface area contributed by atoms with Gasteiger partial charge in [0.25, 0.3) is 0 Å². The number of nitrogens with two attached hydrogens (primary N) is 1. The molecule has 0 heterocycles. The lowest BCUT2D eigenvalue weighted by atomic mass is 10.1. The largest absolute Gasteiger partial charge is 0.399 e. The molecule has 6 heteroatoms. The van der Waals surface area contributed by atoms with Crippen molar-refractivity contribution in [3.8, 4) is 0 Å². The Kier molecular flexibility index (Phi) is 6.01. The van der Waals surface area contributed by atoms with Crippen LogP contribution >= 0.6 is 0 Å². The molecule has 0 aliphatic carbocycles. The van der Waals surface area contributed by atoms with Crippen LogP contribution in [0.3, 0.4) is 0 Å². The molecule has 0 radical (unpaired) electrons. The lowest BCUT2D eigenvalue weighted by molar-refractivity contribution is -0.121. The highest BCUT2D eigenvalue weighted by molar-refractivity contribution is 7.90. The first-order valence-corrected chi connectivity index (χ1v) is 8.64. The summed E-state index contributed by atoms with van der Waals surface area (Å²) in [5.41, 5.74) is 7.44. The van der Waals surface area contributed by atoms with E-state index >= 15 is 0 Å². The number of amides is 1. The predicted molar refractivity (Wildman–Crippen MR) is 81.1 cm³/mol. The minimum Gasteiger partial charge on any atom is -0.399 e. The van der Waals surface area contributed by atoms with Gasteiger partial charge in [-0.15, -0.1) is 0 Å². The Hall–Kier alpha value is -1.56. The number of rotatable bonds is 7. The van der Waals surface area contributed by atoms with Gasteiger partial charge in [-0.05, 0) is 31.4 Å². The maximum absolute atomic E-state index is 11.8. The Labute approximate surface area is 120 Å². The van der Waals surface area contributed by atoms with E-state index in [9.17, 15) is 13.2 Å². The second-order valence-corrected chi connectivity index (χ2v) is 7.35. The summed E-state index contributed by atoms with van der Waals surface area (Å²) in [7, 11) is -2.98. The second kappa shape index (κ2) is 7.28. The van der Waals surface area contributed by atoms with Crippen molar-refractivity contribution >= 4 is 21.4 Å². The molecule has 0 saturated heterocycles. The van der Waals surface area contributed by atoms with Crippen LogP contribution in [0.5, 0.6) is 0 Å². The van der Waals surface area contributed by atoms with Gasteiger partial charge in [-0.25, -0.2) is 8.42 Å². The first-order valence-electron chi connectivity index (χ1n) is 6.58. The third-order valence-electron chi connectivity index (χ3n) is 3.01. The SMILES string of the molecule is CC(CCS(C)(=O)=O)NC(=O)CCc1ccccc1N. The third-order valence-corrected chi connectivity index (χ3v) is 3.98. The van der Waals surface area contributed by atoms with Crippen LogP contribution < -0.4 is 11.1 Å². The van der Waals surface area contributed by atoms with Crippen molar-refractivity contribution in [3.63, 3.8) is 0 Å². The fraction of sp³-hybridized carbons (Fsp3) is 0.500. The lowest BCUT2D eigenvalue weighted by Crippen LogP contribution is -2.34. The maximum atomic E-state index is 11.8. The number of nitrogen functional groups attached to an aromatic ring is 1. The normalized spacial score (nSPS) is 12.9. The first kappa shape index (κ1) is 16.5. The Morgan fingerprint density at radius 1 is 1.35 bits per heavy atom. The summed E-state index contributed by atoms with van der Waals surface area (Å²) in [4.78, 5) is 11.8. The lowest BCUT2D eigenvalue weighted by Gasteiger charge is -2.13. The molecule has 0 spiro atoms. The number of hydrogen-bond donors (Lipinski definition) is 2. The summed E-state index contributed by atoms with van der Waals surface area (Å²) in [5, 5.41) is 2.80. The Balaban J connectivity index is 2.35. The van der Waals surface area contributed by atoms with Gasteiger partial charge in [0, 0.05) is 24.4 Å². The van der Waals surface area contributed by atoms with Gasteiger partial charge in [-0.3, -0.25) is 4.79 Å². The van der Waals surface area contributed by atoms with Gasteiger partial charge in [0.05, 0.1) is 5.75 Å². The molecule has 0 bridgehead atoms. The molecule has 1 aromatic carbocycles. The molecule has 1 aromatic rings. The van der Waals surface area contributed by atoms with E-state index in [0.29, 0.717) is 24.9 Å². The average Bonchev–Trinajstić information content (AvgIpc) is 2.35. The number of para-hydroxylation sites is 1. The van der Waals surface area contributed by atoms with Crippen molar-refractivity contribution in [2.45, 2.75) is 32.2 Å². The summed E-state index contributed by atoms with van der Waals surface area (Å²) in [6.07, 6.45) is 2.55. The van der Waals surface area contributed by atoms with E-state index < -0.39 is 9.84 Å². The van der Waals surface area contributed by atoms with Crippen molar-refractivity contribution < 1.29 is 13.2 Å². The van der Waals surface area contributed by atoms with Crippen molar-refractivity contribution in [1.29, 1.82) is 0 Å². The van der Waals surface area contributed by atoms with Gasteiger partial charge in [-0.1, -0.05) is 18.2 Å².